The third-order valence-corrected chi connectivity index (χ3v) is 6.09. The molecule has 1 aliphatic carbocycles. The van der Waals surface area contributed by atoms with Gasteiger partial charge in [0, 0.05) is 37.2 Å². The Bertz CT molecular complexity index is 1010. The van der Waals surface area contributed by atoms with Crippen molar-refractivity contribution in [2.75, 3.05) is 20.1 Å². The number of hydrogen-bond acceptors (Lipinski definition) is 5. The zero-order chi connectivity index (χ0) is 21.7. The number of piperidine rings is 1. The molecule has 31 heavy (non-hydrogen) atoms. The van der Waals surface area contributed by atoms with E-state index in [4.69, 9.17) is 10.2 Å². The van der Waals surface area contributed by atoms with E-state index in [2.05, 4.69) is 41.6 Å². The van der Waals surface area contributed by atoms with E-state index >= 15 is 0 Å². The highest BCUT2D eigenvalue weighted by Gasteiger charge is 2.27. The zero-order valence-corrected chi connectivity index (χ0v) is 18.7. The first kappa shape index (κ1) is 24.5. The van der Waals surface area contributed by atoms with Crippen molar-refractivity contribution in [2.24, 2.45) is 0 Å². The minimum Gasteiger partial charge on any atom is -0.478 e. The molecular weight excluding hydrogens is 438 g/mol. The maximum Gasteiger partial charge on any atom is 0.328 e. The second-order valence-electron chi connectivity index (χ2n) is 7.21. The number of fused-ring (bicyclic) bond motifs is 2. The first-order valence-corrected chi connectivity index (χ1v) is 10.5. The summed E-state index contributed by atoms with van der Waals surface area (Å²) in [6.45, 7) is 2.21. The molecule has 0 radical (unpaired) electrons. The van der Waals surface area contributed by atoms with Gasteiger partial charge in [-0.1, -0.05) is 29.8 Å². The lowest BCUT2D eigenvalue weighted by molar-refractivity contribution is -0.134. The van der Waals surface area contributed by atoms with E-state index in [0.29, 0.717) is 18.6 Å². The molecule has 2 heterocycles. The van der Waals surface area contributed by atoms with E-state index < -0.39 is 11.9 Å². The van der Waals surface area contributed by atoms with Crippen LogP contribution in [0, 0.1) is 0 Å². The number of thiophene rings is 1. The molecular formula is C23H24ClNO5S. The standard InChI is InChI=1S/C19H19NOS.C4H4O4.ClH/c1-20-9-6-13(7-10-20)18-15-5-3-2-4-14(15)12-17(21)19-16(18)8-11-22-19;5-3(6)1-2-4(7)8;/h2-5,8,11H,6-7,9-10,12H2,1H3;1-2H,(H,5,6)(H,7,8);1H/b;2-1+;. The summed E-state index contributed by atoms with van der Waals surface area (Å²) in [6.07, 6.45) is 3.85. The van der Waals surface area contributed by atoms with Crippen LogP contribution in [0.4, 0.5) is 0 Å². The summed E-state index contributed by atoms with van der Waals surface area (Å²) in [6, 6.07) is 10.6. The van der Waals surface area contributed by atoms with E-state index in [9.17, 15) is 14.4 Å². The number of carboxylic acid groups (broad SMARTS) is 2. The van der Waals surface area contributed by atoms with Gasteiger partial charge in [0.1, 0.15) is 0 Å². The summed E-state index contributed by atoms with van der Waals surface area (Å²) in [7, 11) is 2.18. The number of ketones is 1. The summed E-state index contributed by atoms with van der Waals surface area (Å²) in [5, 5.41) is 17.7. The number of carbonyl (C=O) groups excluding carboxylic acids is 1. The molecule has 8 heteroatoms. The van der Waals surface area contributed by atoms with Gasteiger partial charge in [-0.25, -0.2) is 9.59 Å². The molecule has 164 valence electrons. The molecule has 2 N–H and O–H groups in total. The van der Waals surface area contributed by atoms with Crippen molar-refractivity contribution in [1.82, 2.24) is 4.90 Å². The SMILES string of the molecule is CN1CCC(=C2c3ccccc3CC(=O)c3sccc32)CC1.Cl.O=C(O)/C=C/C(=O)O. The molecule has 0 saturated carbocycles. The summed E-state index contributed by atoms with van der Waals surface area (Å²) in [5.41, 5.74) is 6.47. The summed E-state index contributed by atoms with van der Waals surface area (Å²) in [5.74, 6) is -2.25. The largest absolute Gasteiger partial charge is 0.478 e. The second kappa shape index (κ2) is 11.0. The van der Waals surface area contributed by atoms with E-state index in [-0.39, 0.29) is 18.2 Å². The van der Waals surface area contributed by atoms with Gasteiger partial charge in [-0.2, -0.15) is 0 Å². The average molecular weight is 462 g/mol. The van der Waals surface area contributed by atoms with Gasteiger partial charge in [-0.05, 0) is 48.0 Å². The maximum absolute atomic E-state index is 12.6. The number of rotatable bonds is 2. The van der Waals surface area contributed by atoms with Crippen molar-refractivity contribution in [3.05, 3.63) is 75.0 Å². The molecule has 6 nitrogen and oxygen atoms in total. The molecule has 1 aliphatic heterocycles. The van der Waals surface area contributed by atoms with E-state index in [1.807, 2.05) is 6.07 Å². The maximum atomic E-state index is 12.6. The Balaban J connectivity index is 0.000000329. The predicted molar refractivity (Wildman–Crippen MR) is 123 cm³/mol. The Morgan fingerprint density at radius 1 is 1.00 bits per heavy atom. The fourth-order valence-corrected chi connectivity index (χ4v) is 4.54. The molecule has 1 aromatic heterocycles. The highest BCUT2D eigenvalue weighted by atomic mass is 35.5. The molecule has 0 bridgehead atoms. The molecule has 2 aliphatic rings. The quantitative estimate of drug-likeness (QED) is 0.652. The third kappa shape index (κ3) is 6.13. The highest BCUT2D eigenvalue weighted by Crippen LogP contribution is 2.40. The number of carbonyl (C=O) groups is 3. The normalized spacial score (nSPS) is 15.8. The van der Waals surface area contributed by atoms with Crippen molar-refractivity contribution >= 4 is 47.0 Å². The molecule has 0 atom stereocenters. The Kier molecular flexibility index (Phi) is 8.74. The summed E-state index contributed by atoms with van der Waals surface area (Å²) >= 11 is 1.59. The average Bonchev–Trinajstić information content (AvgIpc) is 3.15. The Hall–Kier alpha value is -2.74. The number of hydrogen-bond donors (Lipinski definition) is 2. The monoisotopic (exact) mass is 461 g/mol. The molecule has 0 spiro atoms. The molecule has 1 saturated heterocycles. The van der Waals surface area contributed by atoms with Gasteiger partial charge < -0.3 is 15.1 Å². The molecule has 2 aromatic rings. The lowest BCUT2D eigenvalue weighted by Crippen LogP contribution is -2.27. The van der Waals surface area contributed by atoms with Gasteiger partial charge in [0.15, 0.2) is 5.78 Å². The van der Waals surface area contributed by atoms with Crippen LogP contribution in [0.2, 0.25) is 0 Å². The van der Waals surface area contributed by atoms with Crippen LogP contribution in [0.3, 0.4) is 0 Å². The first-order valence-electron chi connectivity index (χ1n) is 9.60. The minimum absolute atomic E-state index is 0. The number of halogens is 1. The Morgan fingerprint density at radius 3 is 2.23 bits per heavy atom. The van der Waals surface area contributed by atoms with Gasteiger partial charge in [0.05, 0.1) is 4.88 Å². The van der Waals surface area contributed by atoms with Gasteiger partial charge in [0.2, 0.25) is 0 Å². The van der Waals surface area contributed by atoms with Crippen LogP contribution in [-0.4, -0.2) is 53.0 Å². The number of nitrogens with zero attached hydrogens (tertiary/aromatic N) is 1. The molecule has 1 fully saturated rings. The molecule has 4 rings (SSSR count). The van der Waals surface area contributed by atoms with Gasteiger partial charge >= 0.3 is 11.9 Å². The van der Waals surface area contributed by atoms with Crippen molar-refractivity contribution in [3.8, 4) is 0 Å². The lowest BCUT2D eigenvalue weighted by atomic mass is 9.88. The van der Waals surface area contributed by atoms with Crippen LogP contribution >= 0.6 is 23.7 Å². The van der Waals surface area contributed by atoms with Crippen LogP contribution in [0.1, 0.15) is 39.2 Å². The lowest BCUT2D eigenvalue weighted by Gasteiger charge is -2.27. The van der Waals surface area contributed by atoms with Crippen LogP contribution in [0.15, 0.2) is 53.4 Å². The predicted octanol–water partition coefficient (Wildman–Crippen LogP) is 4.15. The van der Waals surface area contributed by atoms with Crippen LogP contribution in [0.5, 0.6) is 0 Å². The number of likely N-dealkylation sites (tertiary alicyclic amines) is 1. The zero-order valence-electron chi connectivity index (χ0n) is 17.0. The number of aliphatic carboxylic acids is 2. The number of carboxylic acids is 2. The molecule has 0 unspecified atom stereocenters. The number of benzene rings is 1. The van der Waals surface area contributed by atoms with E-state index in [1.165, 1.54) is 27.8 Å². The van der Waals surface area contributed by atoms with Gasteiger partial charge in [0.25, 0.3) is 0 Å². The van der Waals surface area contributed by atoms with Gasteiger partial charge in [-0.15, -0.1) is 23.7 Å². The minimum atomic E-state index is -1.26. The molecule has 0 amide bonds. The fraction of sp³-hybridized carbons (Fsp3) is 0.261. The number of Topliss-reactive ketones (excluding diaryl/α,β-unsaturated/α-hetero) is 1. The van der Waals surface area contributed by atoms with E-state index in [0.717, 1.165) is 30.8 Å². The fourth-order valence-electron chi connectivity index (χ4n) is 3.70. The topological polar surface area (TPSA) is 94.9 Å². The van der Waals surface area contributed by atoms with Crippen LogP contribution in [0.25, 0.3) is 5.57 Å². The molecule has 1 aromatic carbocycles. The second-order valence-corrected chi connectivity index (χ2v) is 8.13. The smallest absolute Gasteiger partial charge is 0.328 e. The van der Waals surface area contributed by atoms with E-state index in [1.54, 1.807) is 11.3 Å². The third-order valence-electron chi connectivity index (χ3n) is 5.14. The van der Waals surface area contributed by atoms with Crippen molar-refractivity contribution in [1.29, 1.82) is 0 Å². The Labute approximate surface area is 190 Å². The highest BCUT2D eigenvalue weighted by molar-refractivity contribution is 7.12. The van der Waals surface area contributed by atoms with Crippen molar-refractivity contribution < 1.29 is 24.6 Å². The van der Waals surface area contributed by atoms with Gasteiger partial charge in [-0.3, -0.25) is 4.79 Å². The summed E-state index contributed by atoms with van der Waals surface area (Å²) in [4.78, 5) is 35.0. The summed E-state index contributed by atoms with van der Waals surface area (Å²) < 4.78 is 0. The van der Waals surface area contributed by atoms with Crippen molar-refractivity contribution in [2.45, 2.75) is 19.3 Å². The van der Waals surface area contributed by atoms with Crippen molar-refractivity contribution in [3.63, 3.8) is 0 Å². The first-order chi connectivity index (χ1) is 14.4. The van der Waals surface area contributed by atoms with Crippen LogP contribution in [-0.2, 0) is 16.0 Å². The Morgan fingerprint density at radius 2 is 1.61 bits per heavy atom. The van der Waals surface area contributed by atoms with Crippen LogP contribution < -0.4 is 0 Å².